The molecule has 0 saturated carbocycles. The van der Waals surface area contributed by atoms with Crippen molar-refractivity contribution in [2.75, 3.05) is 5.43 Å². The Morgan fingerprint density at radius 3 is 2.23 bits per heavy atom. The molecule has 0 radical (unpaired) electrons. The first-order valence-electron chi connectivity index (χ1n) is 6.32. The standard InChI is InChI=1S/C15H13ClN2O3S/c1-11(19)15(18-17-14-10-6-5-9-13(14)16)22(20,21)12-7-3-2-4-8-12/h2-10,17H,1H3/b18-15-. The summed E-state index contributed by atoms with van der Waals surface area (Å²) in [6.45, 7) is 1.15. The third-order valence-electron chi connectivity index (χ3n) is 2.76. The minimum absolute atomic E-state index is 0.00455. The van der Waals surface area contributed by atoms with Gasteiger partial charge in [0.25, 0.3) is 0 Å². The SMILES string of the molecule is CC(=O)/C(=N/Nc1ccccc1Cl)S(=O)(=O)c1ccccc1. The molecule has 5 nitrogen and oxygen atoms in total. The van der Waals surface area contributed by atoms with Crippen LogP contribution in [0.5, 0.6) is 0 Å². The number of rotatable bonds is 4. The van der Waals surface area contributed by atoms with Gasteiger partial charge in [-0.3, -0.25) is 10.2 Å². The molecule has 7 heteroatoms. The molecule has 0 aliphatic carbocycles. The van der Waals surface area contributed by atoms with E-state index in [-0.39, 0.29) is 4.90 Å². The Balaban J connectivity index is 2.41. The lowest BCUT2D eigenvalue weighted by Crippen LogP contribution is -2.23. The Labute approximate surface area is 133 Å². The van der Waals surface area contributed by atoms with Crippen LogP contribution in [0.2, 0.25) is 5.02 Å². The molecule has 0 aliphatic heterocycles. The summed E-state index contributed by atoms with van der Waals surface area (Å²) in [7, 11) is -3.99. The Bertz CT molecular complexity index is 818. The fourth-order valence-corrected chi connectivity index (χ4v) is 3.16. The van der Waals surface area contributed by atoms with E-state index in [0.717, 1.165) is 6.92 Å². The molecule has 0 fully saturated rings. The first-order valence-corrected chi connectivity index (χ1v) is 8.18. The fourth-order valence-electron chi connectivity index (χ4n) is 1.70. The average molecular weight is 337 g/mol. The minimum atomic E-state index is -3.99. The number of nitrogens with zero attached hydrogens (tertiary/aromatic N) is 1. The van der Waals surface area contributed by atoms with E-state index < -0.39 is 20.7 Å². The molecule has 0 heterocycles. The highest BCUT2D eigenvalue weighted by Gasteiger charge is 2.26. The van der Waals surface area contributed by atoms with E-state index in [1.165, 1.54) is 12.1 Å². The van der Waals surface area contributed by atoms with Crippen LogP contribution in [0.3, 0.4) is 0 Å². The van der Waals surface area contributed by atoms with Gasteiger partial charge in [0.15, 0.2) is 5.78 Å². The van der Waals surface area contributed by atoms with Crippen LogP contribution in [0, 0.1) is 0 Å². The summed E-state index contributed by atoms with van der Waals surface area (Å²) in [5.41, 5.74) is 2.93. The number of benzene rings is 2. The van der Waals surface area contributed by atoms with Crippen LogP contribution < -0.4 is 5.43 Å². The largest absolute Gasteiger partial charge is 0.292 e. The van der Waals surface area contributed by atoms with Gasteiger partial charge in [-0.1, -0.05) is 41.9 Å². The summed E-state index contributed by atoms with van der Waals surface area (Å²) in [6, 6.07) is 14.3. The number of hydrazone groups is 1. The number of halogens is 1. The molecule has 114 valence electrons. The maximum atomic E-state index is 12.5. The summed E-state index contributed by atoms with van der Waals surface area (Å²) < 4.78 is 24.9. The zero-order valence-corrected chi connectivity index (χ0v) is 13.2. The highest BCUT2D eigenvalue weighted by molar-refractivity contribution is 8.08. The zero-order chi connectivity index (χ0) is 16.2. The van der Waals surface area contributed by atoms with Gasteiger partial charge >= 0.3 is 0 Å². The summed E-state index contributed by atoms with van der Waals surface area (Å²) in [5.74, 6) is -0.664. The van der Waals surface area contributed by atoms with Crippen LogP contribution in [0.1, 0.15) is 6.92 Å². The second-order valence-corrected chi connectivity index (χ2v) is 6.65. The van der Waals surface area contributed by atoms with Crippen molar-refractivity contribution < 1.29 is 13.2 Å². The first-order chi connectivity index (χ1) is 10.4. The summed E-state index contributed by atoms with van der Waals surface area (Å²) in [5, 5.41) is 3.54. The topological polar surface area (TPSA) is 75.6 Å². The Hall–Kier alpha value is -2.18. The molecule has 0 aromatic heterocycles. The molecule has 0 atom stereocenters. The third-order valence-corrected chi connectivity index (χ3v) is 4.87. The van der Waals surface area contributed by atoms with Crippen molar-refractivity contribution >= 4 is 38.0 Å². The Morgan fingerprint density at radius 2 is 1.64 bits per heavy atom. The molecule has 0 bridgehead atoms. The quantitative estimate of drug-likeness (QED) is 0.528. The van der Waals surface area contributed by atoms with E-state index >= 15 is 0 Å². The maximum absolute atomic E-state index is 12.5. The van der Waals surface area contributed by atoms with Gasteiger partial charge in [0, 0.05) is 6.92 Å². The van der Waals surface area contributed by atoms with E-state index in [9.17, 15) is 13.2 Å². The molecule has 0 unspecified atom stereocenters. The molecule has 2 aromatic carbocycles. The van der Waals surface area contributed by atoms with Gasteiger partial charge in [0.05, 0.1) is 15.6 Å². The van der Waals surface area contributed by atoms with Gasteiger partial charge < -0.3 is 0 Å². The van der Waals surface area contributed by atoms with Gasteiger partial charge in [-0.2, -0.15) is 5.10 Å². The number of hydrogen-bond acceptors (Lipinski definition) is 5. The highest BCUT2D eigenvalue weighted by atomic mass is 35.5. The van der Waals surface area contributed by atoms with Crippen LogP contribution in [0.4, 0.5) is 5.69 Å². The van der Waals surface area contributed by atoms with E-state index in [1.54, 1.807) is 42.5 Å². The van der Waals surface area contributed by atoms with Crippen LogP contribution in [-0.2, 0) is 14.6 Å². The molecule has 0 spiro atoms. The second-order valence-electron chi connectivity index (χ2n) is 4.38. The summed E-state index contributed by atoms with van der Waals surface area (Å²) in [4.78, 5) is 11.7. The molecule has 0 amide bonds. The minimum Gasteiger partial charge on any atom is -0.292 e. The summed E-state index contributed by atoms with van der Waals surface area (Å²) in [6.07, 6.45) is 0. The molecular weight excluding hydrogens is 324 g/mol. The number of carbonyl (C=O) groups excluding carboxylic acids is 1. The Morgan fingerprint density at radius 1 is 1.05 bits per heavy atom. The van der Waals surface area contributed by atoms with E-state index in [0.29, 0.717) is 10.7 Å². The van der Waals surface area contributed by atoms with Crippen LogP contribution in [0.25, 0.3) is 0 Å². The van der Waals surface area contributed by atoms with Crippen molar-refractivity contribution in [2.45, 2.75) is 11.8 Å². The third kappa shape index (κ3) is 3.52. The fraction of sp³-hybridized carbons (Fsp3) is 0.0667. The van der Waals surface area contributed by atoms with Gasteiger partial charge in [0.2, 0.25) is 14.9 Å². The number of hydrogen-bond donors (Lipinski definition) is 1. The smallest absolute Gasteiger partial charge is 0.229 e. The van der Waals surface area contributed by atoms with Gasteiger partial charge in [-0.25, -0.2) is 8.42 Å². The van der Waals surface area contributed by atoms with Crippen LogP contribution >= 0.6 is 11.6 Å². The maximum Gasteiger partial charge on any atom is 0.229 e. The molecule has 0 saturated heterocycles. The molecule has 2 aromatic rings. The van der Waals surface area contributed by atoms with Crippen LogP contribution in [0.15, 0.2) is 64.6 Å². The van der Waals surface area contributed by atoms with Crippen molar-refractivity contribution in [3.63, 3.8) is 0 Å². The van der Waals surface area contributed by atoms with Crippen molar-refractivity contribution in [1.82, 2.24) is 0 Å². The molecule has 22 heavy (non-hydrogen) atoms. The normalized spacial score (nSPS) is 12.0. The Kier molecular flexibility index (Phi) is 4.95. The molecule has 0 aliphatic rings. The predicted molar refractivity (Wildman–Crippen MR) is 86.8 cm³/mol. The van der Waals surface area contributed by atoms with Crippen LogP contribution in [-0.4, -0.2) is 19.2 Å². The number of para-hydroxylation sites is 1. The average Bonchev–Trinajstić information content (AvgIpc) is 2.49. The lowest BCUT2D eigenvalue weighted by atomic mass is 10.3. The van der Waals surface area contributed by atoms with Gasteiger partial charge in [-0.05, 0) is 24.3 Å². The molecule has 2 rings (SSSR count). The first kappa shape index (κ1) is 16.2. The zero-order valence-electron chi connectivity index (χ0n) is 11.7. The second kappa shape index (κ2) is 6.72. The van der Waals surface area contributed by atoms with Crippen molar-refractivity contribution in [3.05, 3.63) is 59.6 Å². The van der Waals surface area contributed by atoms with E-state index in [4.69, 9.17) is 11.6 Å². The van der Waals surface area contributed by atoms with Gasteiger partial charge in [0.1, 0.15) is 0 Å². The predicted octanol–water partition coefficient (Wildman–Crippen LogP) is 3.13. The van der Waals surface area contributed by atoms with E-state index in [1.807, 2.05) is 0 Å². The van der Waals surface area contributed by atoms with E-state index in [2.05, 4.69) is 10.5 Å². The van der Waals surface area contributed by atoms with Crippen molar-refractivity contribution in [3.8, 4) is 0 Å². The number of nitrogens with one attached hydrogen (secondary N) is 1. The number of ketones is 1. The lowest BCUT2D eigenvalue weighted by Gasteiger charge is -2.07. The molecular formula is C15H13ClN2O3S. The lowest BCUT2D eigenvalue weighted by molar-refractivity contribution is -0.110. The number of carbonyl (C=O) groups is 1. The van der Waals surface area contributed by atoms with Gasteiger partial charge in [-0.15, -0.1) is 0 Å². The van der Waals surface area contributed by atoms with Crippen molar-refractivity contribution in [1.29, 1.82) is 0 Å². The summed E-state index contributed by atoms with van der Waals surface area (Å²) >= 11 is 5.95. The number of Topliss-reactive ketones (excluding diaryl/α,β-unsaturated/α-hetero) is 1. The number of sulfone groups is 1. The monoisotopic (exact) mass is 336 g/mol. The highest BCUT2D eigenvalue weighted by Crippen LogP contribution is 2.21. The molecule has 1 N–H and O–H groups in total. The van der Waals surface area contributed by atoms with Crippen molar-refractivity contribution in [2.24, 2.45) is 5.10 Å². The number of anilines is 1.